The summed E-state index contributed by atoms with van der Waals surface area (Å²) in [5, 5.41) is 20.2. The van der Waals surface area contributed by atoms with Gasteiger partial charge in [-0.3, -0.25) is 0 Å². The molecule has 116 valence electrons. The van der Waals surface area contributed by atoms with Gasteiger partial charge in [-0.25, -0.2) is 0 Å². The molecule has 0 aliphatic heterocycles. The van der Waals surface area contributed by atoms with Gasteiger partial charge in [0.05, 0.1) is 0 Å². The third kappa shape index (κ3) is 4.14. The summed E-state index contributed by atoms with van der Waals surface area (Å²) >= 11 is 0. The predicted molar refractivity (Wildman–Crippen MR) is 93.0 cm³/mol. The zero-order valence-electron chi connectivity index (χ0n) is 13.1. The van der Waals surface area contributed by atoms with Crippen LogP contribution in [0.2, 0.25) is 0 Å². The van der Waals surface area contributed by atoms with Gasteiger partial charge in [-0.2, -0.15) is 0 Å². The number of para-hydroxylation sites is 1. The highest BCUT2D eigenvalue weighted by atomic mass is 16.3. The van der Waals surface area contributed by atoms with Gasteiger partial charge in [0.15, 0.2) is 0 Å². The summed E-state index contributed by atoms with van der Waals surface area (Å²) in [7, 11) is 0. The van der Waals surface area contributed by atoms with Gasteiger partial charge in [0.2, 0.25) is 0 Å². The van der Waals surface area contributed by atoms with E-state index in [9.17, 15) is 10.2 Å². The largest absolute Gasteiger partial charge is 0.507 e. The Morgan fingerprint density at radius 2 is 1.64 bits per heavy atom. The molecule has 0 spiro atoms. The third-order valence-electron chi connectivity index (χ3n) is 3.77. The average molecular weight is 296 g/mol. The van der Waals surface area contributed by atoms with Crippen LogP contribution in [-0.4, -0.2) is 10.2 Å². The number of phenolic OH excluding ortho intramolecular Hbond substituents is 2. The molecule has 2 aromatic carbocycles. The van der Waals surface area contributed by atoms with E-state index in [0.29, 0.717) is 11.1 Å². The molecular formula is C20H24O2. The molecule has 2 heteroatoms. The van der Waals surface area contributed by atoms with Crippen LogP contribution in [0.15, 0.2) is 48.5 Å². The molecule has 0 aliphatic carbocycles. The van der Waals surface area contributed by atoms with Gasteiger partial charge >= 0.3 is 0 Å². The Hall–Kier alpha value is -2.22. The second-order valence-corrected chi connectivity index (χ2v) is 5.51. The molecule has 22 heavy (non-hydrogen) atoms. The molecule has 2 N–H and O–H groups in total. The van der Waals surface area contributed by atoms with E-state index in [4.69, 9.17) is 0 Å². The molecule has 0 bridgehead atoms. The van der Waals surface area contributed by atoms with Crippen molar-refractivity contribution in [2.24, 2.45) is 0 Å². The van der Waals surface area contributed by atoms with Crippen LogP contribution in [0, 0.1) is 0 Å². The van der Waals surface area contributed by atoms with E-state index in [1.165, 1.54) is 25.7 Å². The van der Waals surface area contributed by atoms with Gasteiger partial charge in [-0.15, -0.1) is 0 Å². The average Bonchev–Trinajstić information content (AvgIpc) is 2.52. The maximum absolute atomic E-state index is 10.2. The molecule has 0 saturated carbocycles. The highest BCUT2D eigenvalue weighted by Crippen LogP contribution is 2.38. The van der Waals surface area contributed by atoms with Crippen molar-refractivity contribution in [1.29, 1.82) is 0 Å². The van der Waals surface area contributed by atoms with Crippen LogP contribution in [-0.2, 0) is 0 Å². The minimum Gasteiger partial charge on any atom is -0.507 e. The summed E-state index contributed by atoms with van der Waals surface area (Å²) in [6.45, 7) is 2.21. The van der Waals surface area contributed by atoms with Crippen LogP contribution < -0.4 is 0 Å². The first-order valence-electron chi connectivity index (χ1n) is 8.01. The summed E-state index contributed by atoms with van der Waals surface area (Å²) in [5.41, 5.74) is 2.27. The Morgan fingerprint density at radius 1 is 0.864 bits per heavy atom. The summed E-state index contributed by atoms with van der Waals surface area (Å²) < 4.78 is 0. The lowest BCUT2D eigenvalue weighted by molar-refractivity contribution is 0.469. The van der Waals surface area contributed by atoms with Crippen LogP contribution in [0.1, 0.15) is 44.6 Å². The number of allylic oxidation sites excluding steroid dienone is 1. The lowest BCUT2D eigenvalue weighted by Crippen LogP contribution is -1.85. The van der Waals surface area contributed by atoms with Crippen molar-refractivity contribution in [3.63, 3.8) is 0 Å². The lowest BCUT2D eigenvalue weighted by Gasteiger charge is -2.10. The van der Waals surface area contributed by atoms with E-state index in [0.717, 1.165) is 12.0 Å². The minimum absolute atomic E-state index is 0.182. The van der Waals surface area contributed by atoms with Gasteiger partial charge in [-0.05, 0) is 30.5 Å². The van der Waals surface area contributed by atoms with Crippen LogP contribution >= 0.6 is 0 Å². The summed E-state index contributed by atoms with van der Waals surface area (Å²) in [6, 6.07) is 12.5. The zero-order chi connectivity index (χ0) is 15.8. The first kappa shape index (κ1) is 16.2. The van der Waals surface area contributed by atoms with Crippen molar-refractivity contribution in [3.8, 4) is 22.6 Å². The van der Waals surface area contributed by atoms with Crippen LogP contribution in [0.3, 0.4) is 0 Å². The van der Waals surface area contributed by atoms with E-state index >= 15 is 0 Å². The van der Waals surface area contributed by atoms with Crippen molar-refractivity contribution in [3.05, 3.63) is 54.1 Å². The van der Waals surface area contributed by atoms with E-state index in [-0.39, 0.29) is 11.5 Å². The molecule has 0 heterocycles. The van der Waals surface area contributed by atoms with Gasteiger partial charge in [0.1, 0.15) is 11.5 Å². The maximum atomic E-state index is 10.2. The quantitative estimate of drug-likeness (QED) is 0.639. The van der Waals surface area contributed by atoms with Gasteiger partial charge < -0.3 is 10.2 Å². The van der Waals surface area contributed by atoms with E-state index in [2.05, 4.69) is 13.0 Å². The Balaban J connectivity index is 2.21. The highest BCUT2D eigenvalue weighted by Gasteiger charge is 2.11. The fourth-order valence-corrected chi connectivity index (χ4v) is 2.57. The molecule has 0 radical (unpaired) electrons. The summed E-state index contributed by atoms with van der Waals surface area (Å²) in [6.07, 6.45) is 10.2. The number of benzene rings is 2. The molecule has 0 aromatic heterocycles. The second kappa shape index (κ2) is 8.28. The summed E-state index contributed by atoms with van der Waals surface area (Å²) in [5.74, 6) is 0.372. The van der Waals surface area contributed by atoms with E-state index in [1.807, 2.05) is 30.3 Å². The Labute approximate surface area is 132 Å². The normalized spacial score (nSPS) is 11.1. The van der Waals surface area contributed by atoms with Gasteiger partial charge in [0.25, 0.3) is 0 Å². The molecule has 0 unspecified atom stereocenters. The molecule has 0 aliphatic rings. The van der Waals surface area contributed by atoms with Crippen molar-refractivity contribution in [2.45, 2.75) is 39.0 Å². The monoisotopic (exact) mass is 296 g/mol. The third-order valence-corrected chi connectivity index (χ3v) is 3.77. The van der Waals surface area contributed by atoms with Crippen molar-refractivity contribution in [1.82, 2.24) is 0 Å². The molecule has 0 atom stereocenters. The molecule has 0 amide bonds. The fourth-order valence-electron chi connectivity index (χ4n) is 2.57. The molecular weight excluding hydrogens is 272 g/mol. The van der Waals surface area contributed by atoms with Crippen molar-refractivity contribution < 1.29 is 10.2 Å². The number of phenols is 2. The predicted octanol–water partition coefficient (Wildman–Crippen LogP) is 5.75. The van der Waals surface area contributed by atoms with Crippen molar-refractivity contribution >= 4 is 6.08 Å². The standard InChI is InChI=1S/C20H24O2/c1-2-3-4-5-6-7-11-16-12-10-15-19(22)20(16)17-13-8-9-14-18(17)21/h7-15,21-22H,2-6H2,1H3. The SMILES string of the molecule is CCCCCCC=Cc1cccc(O)c1-c1ccccc1O. The van der Waals surface area contributed by atoms with Crippen LogP contribution in [0.4, 0.5) is 0 Å². The Kier molecular flexibility index (Phi) is 6.08. The Morgan fingerprint density at radius 3 is 2.41 bits per heavy atom. The van der Waals surface area contributed by atoms with Crippen molar-refractivity contribution in [2.75, 3.05) is 0 Å². The van der Waals surface area contributed by atoms with E-state index in [1.54, 1.807) is 18.2 Å². The van der Waals surface area contributed by atoms with Crippen LogP contribution in [0.5, 0.6) is 11.5 Å². The van der Waals surface area contributed by atoms with Crippen LogP contribution in [0.25, 0.3) is 17.2 Å². The molecule has 0 saturated heterocycles. The first-order chi connectivity index (χ1) is 10.7. The molecule has 2 nitrogen and oxygen atoms in total. The topological polar surface area (TPSA) is 40.5 Å². The summed E-state index contributed by atoms with van der Waals surface area (Å²) in [4.78, 5) is 0. The molecule has 0 fully saturated rings. The Bertz CT molecular complexity index is 629. The maximum Gasteiger partial charge on any atom is 0.124 e. The zero-order valence-corrected chi connectivity index (χ0v) is 13.1. The minimum atomic E-state index is 0.182. The fraction of sp³-hybridized carbons (Fsp3) is 0.300. The number of rotatable bonds is 7. The number of unbranched alkanes of at least 4 members (excludes halogenated alkanes) is 4. The van der Waals surface area contributed by atoms with Gasteiger partial charge in [0, 0.05) is 11.1 Å². The number of hydrogen-bond acceptors (Lipinski definition) is 2. The highest BCUT2D eigenvalue weighted by molar-refractivity contribution is 5.83. The molecule has 2 aromatic rings. The van der Waals surface area contributed by atoms with Gasteiger partial charge in [-0.1, -0.05) is 68.7 Å². The molecule has 2 rings (SSSR count). The number of hydrogen-bond donors (Lipinski definition) is 2. The van der Waals surface area contributed by atoms with E-state index < -0.39 is 0 Å². The smallest absolute Gasteiger partial charge is 0.124 e. The second-order valence-electron chi connectivity index (χ2n) is 5.51. The first-order valence-corrected chi connectivity index (χ1v) is 8.01. The number of aromatic hydroxyl groups is 2. The lowest BCUT2D eigenvalue weighted by atomic mass is 9.97.